The van der Waals surface area contributed by atoms with Crippen LogP contribution in [0.25, 0.3) is 0 Å². The second-order valence-corrected chi connectivity index (χ2v) is 8.07. The van der Waals surface area contributed by atoms with Crippen molar-refractivity contribution in [3.63, 3.8) is 0 Å². The van der Waals surface area contributed by atoms with Crippen molar-refractivity contribution in [2.24, 2.45) is 0 Å². The van der Waals surface area contributed by atoms with Crippen molar-refractivity contribution in [2.75, 3.05) is 19.7 Å². The van der Waals surface area contributed by atoms with E-state index in [2.05, 4.69) is 29.0 Å². The number of aromatic nitrogens is 1. The number of pyridine rings is 1. The molecule has 168 valence electrons. The van der Waals surface area contributed by atoms with Gasteiger partial charge in [-0.3, -0.25) is 9.69 Å². The normalized spacial score (nSPS) is 15.7. The van der Waals surface area contributed by atoms with E-state index in [1.807, 2.05) is 36.4 Å². The molecule has 0 radical (unpaired) electrons. The molecule has 31 heavy (non-hydrogen) atoms. The number of para-hydroxylation sites is 2. The molecule has 1 aliphatic rings. The van der Waals surface area contributed by atoms with Gasteiger partial charge in [0.05, 0.1) is 13.2 Å². The van der Waals surface area contributed by atoms with Gasteiger partial charge in [0.1, 0.15) is 0 Å². The van der Waals surface area contributed by atoms with E-state index in [4.69, 9.17) is 9.47 Å². The second-order valence-electron chi connectivity index (χ2n) is 8.07. The lowest BCUT2D eigenvalue weighted by Crippen LogP contribution is -2.41. The van der Waals surface area contributed by atoms with Crippen LogP contribution >= 0.6 is 0 Å². The van der Waals surface area contributed by atoms with Crippen LogP contribution < -0.4 is 14.8 Å². The van der Waals surface area contributed by atoms with E-state index in [9.17, 15) is 4.79 Å². The molecule has 1 N–H and O–H groups in total. The molecule has 2 heterocycles. The minimum atomic E-state index is 0.0833. The number of benzene rings is 1. The topological polar surface area (TPSA) is 63.7 Å². The Morgan fingerprint density at radius 3 is 2.65 bits per heavy atom. The Hall–Kier alpha value is -2.60. The Labute approximate surface area is 186 Å². The molecule has 1 aliphatic heterocycles. The van der Waals surface area contributed by atoms with Crippen LogP contribution in [-0.2, 0) is 11.3 Å². The quantitative estimate of drug-likeness (QED) is 0.736. The predicted molar refractivity (Wildman–Crippen MR) is 123 cm³/mol. The first-order valence-electron chi connectivity index (χ1n) is 11.5. The lowest BCUT2D eigenvalue weighted by atomic mass is 10.1. The molecule has 2 aromatic rings. The summed E-state index contributed by atoms with van der Waals surface area (Å²) in [5.41, 5.74) is 0.963. The minimum Gasteiger partial charge on any atom is -0.490 e. The summed E-state index contributed by atoms with van der Waals surface area (Å²) in [5, 5.41) is 3.16. The van der Waals surface area contributed by atoms with Gasteiger partial charge in [0, 0.05) is 24.3 Å². The van der Waals surface area contributed by atoms with E-state index < -0.39 is 0 Å². The average Bonchev–Trinajstić information content (AvgIpc) is 2.78. The van der Waals surface area contributed by atoms with Crippen molar-refractivity contribution in [3.05, 3.63) is 48.2 Å². The number of nitrogens with zero attached hydrogens (tertiary/aromatic N) is 2. The third-order valence-corrected chi connectivity index (χ3v) is 5.64. The van der Waals surface area contributed by atoms with Crippen LogP contribution in [0.5, 0.6) is 17.4 Å². The number of carbonyl (C=O) groups excluding carboxylic acids is 1. The van der Waals surface area contributed by atoms with Crippen molar-refractivity contribution in [1.29, 1.82) is 0 Å². The summed E-state index contributed by atoms with van der Waals surface area (Å²) in [7, 11) is 0. The van der Waals surface area contributed by atoms with Crippen LogP contribution in [-0.4, -0.2) is 41.5 Å². The summed E-state index contributed by atoms with van der Waals surface area (Å²) in [6, 6.07) is 11.9. The van der Waals surface area contributed by atoms with Gasteiger partial charge in [0.2, 0.25) is 11.8 Å². The van der Waals surface area contributed by atoms with Gasteiger partial charge >= 0.3 is 0 Å². The fourth-order valence-electron chi connectivity index (χ4n) is 3.79. The maximum absolute atomic E-state index is 12.7. The Kier molecular flexibility index (Phi) is 9.16. The maximum atomic E-state index is 12.7. The smallest absolute Gasteiger partial charge is 0.234 e. The highest BCUT2D eigenvalue weighted by molar-refractivity contribution is 5.78. The standard InChI is InChI=1S/C25H35N3O3/c1-3-21(4-2)27-24(29)19-28-16-9-5-6-10-17-30-22-13-7-8-14-23(22)31-25-20(18-28)12-11-15-26-25/h7-8,11-15,21H,3-6,9-10,16-19H2,1-2H3,(H,27,29). The van der Waals surface area contributed by atoms with Crippen LogP contribution in [0.4, 0.5) is 0 Å². The van der Waals surface area contributed by atoms with Crippen molar-refractivity contribution in [1.82, 2.24) is 15.2 Å². The average molecular weight is 426 g/mol. The maximum Gasteiger partial charge on any atom is 0.234 e. The number of nitrogens with one attached hydrogen (secondary N) is 1. The highest BCUT2D eigenvalue weighted by atomic mass is 16.5. The van der Waals surface area contributed by atoms with Crippen LogP contribution in [0, 0.1) is 0 Å². The number of amides is 1. The first-order valence-corrected chi connectivity index (χ1v) is 11.5. The number of rotatable bonds is 5. The Morgan fingerprint density at radius 2 is 1.84 bits per heavy atom. The molecule has 0 atom stereocenters. The van der Waals surface area contributed by atoms with Crippen molar-refractivity contribution >= 4 is 5.91 Å². The number of fused-ring (bicyclic) bond motifs is 2. The largest absolute Gasteiger partial charge is 0.490 e. The third kappa shape index (κ3) is 7.24. The van der Waals surface area contributed by atoms with Crippen LogP contribution in [0.3, 0.4) is 0 Å². The molecule has 0 saturated heterocycles. The van der Waals surface area contributed by atoms with Gasteiger partial charge in [-0.2, -0.15) is 0 Å². The van der Waals surface area contributed by atoms with Gasteiger partial charge in [-0.1, -0.05) is 44.9 Å². The SMILES string of the molecule is CCC(CC)NC(=O)CN1CCCCCCOc2ccccc2Oc2ncccc2C1. The summed E-state index contributed by atoms with van der Waals surface area (Å²) in [6.45, 7) is 6.74. The van der Waals surface area contributed by atoms with E-state index >= 15 is 0 Å². The molecular formula is C25H35N3O3. The molecular weight excluding hydrogens is 390 g/mol. The number of carbonyl (C=O) groups is 1. The third-order valence-electron chi connectivity index (χ3n) is 5.64. The lowest BCUT2D eigenvalue weighted by Gasteiger charge is -2.24. The second kappa shape index (κ2) is 12.3. The molecule has 6 nitrogen and oxygen atoms in total. The monoisotopic (exact) mass is 425 g/mol. The number of ether oxygens (including phenoxy) is 2. The van der Waals surface area contributed by atoms with Gasteiger partial charge < -0.3 is 14.8 Å². The van der Waals surface area contributed by atoms with Crippen molar-refractivity contribution in [3.8, 4) is 17.4 Å². The van der Waals surface area contributed by atoms with Gasteiger partial charge in [0.25, 0.3) is 0 Å². The fourth-order valence-corrected chi connectivity index (χ4v) is 3.79. The highest BCUT2D eigenvalue weighted by Gasteiger charge is 2.17. The minimum absolute atomic E-state index is 0.0833. The molecule has 0 spiro atoms. The first-order chi connectivity index (χ1) is 15.2. The molecule has 0 fully saturated rings. The van der Waals surface area contributed by atoms with Crippen molar-refractivity contribution in [2.45, 2.75) is 65.0 Å². The molecule has 1 aromatic carbocycles. The molecule has 3 rings (SSSR count). The lowest BCUT2D eigenvalue weighted by molar-refractivity contribution is -0.123. The molecule has 0 aliphatic carbocycles. The van der Waals surface area contributed by atoms with E-state index in [1.165, 1.54) is 0 Å². The Morgan fingerprint density at radius 1 is 1.06 bits per heavy atom. The molecule has 0 unspecified atom stereocenters. The Balaban J connectivity index is 1.79. The summed E-state index contributed by atoms with van der Waals surface area (Å²) >= 11 is 0. The van der Waals surface area contributed by atoms with Crippen LogP contribution in [0.2, 0.25) is 0 Å². The van der Waals surface area contributed by atoms with Crippen molar-refractivity contribution < 1.29 is 14.3 Å². The summed E-state index contributed by atoms with van der Waals surface area (Å²) in [4.78, 5) is 19.4. The predicted octanol–water partition coefficient (Wildman–Crippen LogP) is 4.93. The molecule has 0 saturated carbocycles. The summed E-state index contributed by atoms with van der Waals surface area (Å²) in [6.07, 6.45) is 7.90. The van der Waals surface area contributed by atoms with Crippen LogP contribution in [0.1, 0.15) is 57.9 Å². The zero-order valence-corrected chi connectivity index (χ0v) is 18.8. The zero-order valence-electron chi connectivity index (χ0n) is 18.8. The van der Waals surface area contributed by atoms with E-state index in [-0.39, 0.29) is 11.9 Å². The van der Waals surface area contributed by atoms with E-state index in [1.54, 1.807) is 6.20 Å². The Bertz CT molecular complexity index is 823. The van der Waals surface area contributed by atoms with Gasteiger partial charge in [-0.05, 0) is 50.4 Å². The van der Waals surface area contributed by atoms with Gasteiger partial charge in [0.15, 0.2) is 11.5 Å². The van der Waals surface area contributed by atoms with E-state index in [0.717, 1.165) is 56.4 Å². The number of hydrogen-bond donors (Lipinski definition) is 1. The molecule has 0 bridgehead atoms. The molecule has 1 amide bonds. The highest BCUT2D eigenvalue weighted by Crippen LogP contribution is 2.32. The molecule has 1 aromatic heterocycles. The molecule has 6 heteroatoms. The van der Waals surface area contributed by atoms with Gasteiger partial charge in [-0.15, -0.1) is 0 Å². The fraction of sp³-hybridized carbons (Fsp3) is 0.520. The van der Waals surface area contributed by atoms with Crippen LogP contribution in [0.15, 0.2) is 42.6 Å². The first kappa shape index (κ1) is 23.1. The summed E-state index contributed by atoms with van der Waals surface area (Å²) in [5.74, 6) is 2.04. The van der Waals surface area contributed by atoms with E-state index in [0.29, 0.717) is 31.3 Å². The number of hydrogen-bond acceptors (Lipinski definition) is 5. The summed E-state index contributed by atoms with van der Waals surface area (Å²) < 4.78 is 12.1. The van der Waals surface area contributed by atoms with Gasteiger partial charge in [-0.25, -0.2) is 4.98 Å². The zero-order chi connectivity index (χ0) is 21.9.